The van der Waals surface area contributed by atoms with Crippen LogP contribution in [0.4, 0.5) is 0 Å². The lowest BCUT2D eigenvalue weighted by Gasteiger charge is -2.30. The van der Waals surface area contributed by atoms with Crippen molar-refractivity contribution in [2.45, 2.75) is 31.3 Å². The van der Waals surface area contributed by atoms with E-state index in [9.17, 15) is 9.59 Å². The van der Waals surface area contributed by atoms with Gasteiger partial charge in [0.1, 0.15) is 11.8 Å². The molecule has 2 atom stereocenters. The van der Waals surface area contributed by atoms with Crippen molar-refractivity contribution in [1.82, 2.24) is 10.2 Å². The smallest absolute Gasteiger partial charge is 0.254 e. The number of carbonyl (C=O) groups is 2. The second kappa shape index (κ2) is 8.54. The average Bonchev–Trinajstić information content (AvgIpc) is 3.17. The molecule has 1 N–H and O–H groups in total. The number of carbonyl (C=O) groups excluding carboxylic acids is 2. The van der Waals surface area contributed by atoms with E-state index < -0.39 is 6.04 Å². The van der Waals surface area contributed by atoms with Crippen molar-refractivity contribution in [3.05, 3.63) is 62.0 Å². The highest BCUT2D eigenvalue weighted by Crippen LogP contribution is 2.34. The van der Waals surface area contributed by atoms with Crippen LogP contribution < -0.4 is 10.1 Å². The van der Waals surface area contributed by atoms with Gasteiger partial charge in [-0.05, 0) is 49.2 Å². The van der Waals surface area contributed by atoms with Gasteiger partial charge in [-0.2, -0.15) is 0 Å². The number of likely N-dealkylation sites (tertiary alicyclic amines) is 1. The molecular formula is C21H19BrCl2N2O3. The highest BCUT2D eigenvalue weighted by atomic mass is 79.9. The van der Waals surface area contributed by atoms with Crippen molar-refractivity contribution in [2.24, 2.45) is 0 Å². The summed E-state index contributed by atoms with van der Waals surface area (Å²) in [6, 6.07) is 9.84. The van der Waals surface area contributed by atoms with Crippen LogP contribution in [-0.2, 0) is 4.79 Å². The van der Waals surface area contributed by atoms with Crippen LogP contribution in [0.15, 0.2) is 40.9 Å². The van der Waals surface area contributed by atoms with Crippen molar-refractivity contribution < 1.29 is 14.3 Å². The Labute approximate surface area is 187 Å². The molecule has 0 spiro atoms. The van der Waals surface area contributed by atoms with E-state index in [1.165, 1.54) is 0 Å². The average molecular weight is 498 g/mol. The normalized spacial score (nSPS) is 20.7. The minimum Gasteiger partial charge on any atom is -0.493 e. The molecule has 2 unspecified atom stereocenters. The summed E-state index contributed by atoms with van der Waals surface area (Å²) >= 11 is 15.6. The van der Waals surface area contributed by atoms with Gasteiger partial charge in [0, 0.05) is 38.6 Å². The summed E-state index contributed by atoms with van der Waals surface area (Å²) in [6.45, 7) is 1.06. The minimum atomic E-state index is -0.515. The van der Waals surface area contributed by atoms with Crippen molar-refractivity contribution in [1.29, 1.82) is 0 Å². The lowest BCUT2D eigenvalue weighted by atomic mass is 10.00. The fourth-order valence-electron chi connectivity index (χ4n) is 3.91. The van der Waals surface area contributed by atoms with Crippen LogP contribution in [0, 0.1) is 0 Å². The van der Waals surface area contributed by atoms with Gasteiger partial charge in [-0.3, -0.25) is 9.59 Å². The lowest BCUT2D eigenvalue weighted by molar-refractivity contribution is -0.125. The quantitative estimate of drug-likeness (QED) is 0.649. The predicted octanol–water partition coefficient (Wildman–Crippen LogP) is 5.00. The number of hydrogen-bond acceptors (Lipinski definition) is 3. The molecule has 0 saturated carbocycles. The number of fused-ring (bicyclic) bond motifs is 1. The molecule has 2 aromatic carbocycles. The van der Waals surface area contributed by atoms with E-state index in [0.717, 1.165) is 22.2 Å². The fraction of sp³-hybridized carbons (Fsp3) is 0.333. The third-order valence-electron chi connectivity index (χ3n) is 5.25. The van der Waals surface area contributed by atoms with E-state index in [1.54, 1.807) is 23.1 Å². The van der Waals surface area contributed by atoms with E-state index in [2.05, 4.69) is 21.2 Å². The van der Waals surface area contributed by atoms with Crippen LogP contribution in [0.2, 0.25) is 10.0 Å². The molecule has 2 aromatic rings. The summed E-state index contributed by atoms with van der Waals surface area (Å²) in [4.78, 5) is 27.7. The molecule has 8 heteroatoms. The zero-order chi connectivity index (χ0) is 20.5. The Balaban J connectivity index is 1.52. The molecule has 0 bridgehead atoms. The maximum Gasteiger partial charge on any atom is 0.254 e. The monoisotopic (exact) mass is 496 g/mol. The number of nitrogens with zero attached hydrogens (tertiary/aromatic N) is 1. The first-order valence-corrected chi connectivity index (χ1v) is 11.0. The maximum absolute atomic E-state index is 13.1. The van der Waals surface area contributed by atoms with Gasteiger partial charge in [0.15, 0.2) is 0 Å². The molecule has 2 aliphatic heterocycles. The van der Waals surface area contributed by atoms with E-state index in [0.29, 0.717) is 41.6 Å². The van der Waals surface area contributed by atoms with Gasteiger partial charge in [0.05, 0.1) is 12.6 Å². The summed E-state index contributed by atoms with van der Waals surface area (Å²) in [6.07, 6.45) is 2.08. The number of amides is 2. The van der Waals surface area contributed by atoms with Crippen LogP contribution in [0.5, 0.6) is 5.75 Å². The topological polar surface area (TPSA) is 58.6 Å². The van der Waals surface area contributed by atoms with Crippen molar-refractivity contribution in [3.8, 4) is 5.75 Å². The van der Waals surface area contributed by atoms with Crippen LogP contribution in [0.1, 0.15) is 41.2 Å². The number of ether oxygens (including phenoxy) is 1. The molecule has 152 valence electrons. The van der Waals surface area contributed by atoms with Crippen molar-refractivity contribution in [3.63, 3.8) is 0 Å². The molecule has 5 nitrogen and oxygen atoms in total. The second-order valence-electron chi connectivity index (χ2n) is 7.20. The lowest BCUT2D eigenvalue weighted by Crippen LogP contribution is -2.47. The summed E-state index contributed by atoms with van der Waals surface area (Å²) in [7, 11) is 0. The number of halogens is 3. The van der Waals surface area contributed by atoms with Crippen molar-refractivity contribution >= 4 is 50.9 Å². The minimum absolute atomic E-state index is 0.151. The third-order valence-corrected chi connectivity index (χ3v) is 6.18. The maximum atomic E-state index is 13.1. The Bertz CT molecular complexity index is 949. The Morgan fingerprint density at radius 2 is 1.86 bits per heavy atom. The first-order chi connectivity index (χ1) is 13.9. The predicted molar refractivity (Wildman–Crippen MR) is 116 cm³/mol. The molecule has 29 heavy (non-hydrogen) atoms. The molecule has 4 rings (SSSR count). The van der Waals surface area contributed by atoms with Gasteiger partial charge in [-0.15, -0.1) is 0 Å². The third kappa shape index (κ3) is 4.39. The Morgan fingerprint density at radius 1 is 1.10 bits per heavy atom. The largest absolute Gasteiger partial charge is 0.493 e. The van der Waals surface area contributed by atoms with E-state index in [-0.39, 0.29) is 17.9 Å². The van der Waals surface area contributed by atoms with Gasteiger partial charge < -0.3 is 15.0 Å². The molecule has 1 saturated heterocycles. The zero-order valence-corrected chi connectivity index (χ0v) is 18.6. The van der Waals surface area contributed by atoms with Crippen LogP contribution in [0.25, 0.3) is 0 Å². The fourth-order valence-corrected chi connectivity index (χ4v) is 4.81. The molecule has 0 aromatic heterocycles. The molecular weight excluding hydrogens is 479 g/mol. The molecule has 0 aliphatic carbocycles. The first kappa shape index (κ1) is 20.5. The molecule has 0 radical (unpaired) electrons. The Morgan fingerprint density at radius 3 is 2.62 bits per heavy atom. The Hall–Kier alpha value is -1.76. The molecule has 2 aliphatic rings. The van der Waals surface area contributed by atoms with E-state index >= 15 is 0 Å². The van der Waals surface area contributed by atoms with Crippen LogP contribution in [0.3, 0.4) is 0 Å². The van der Waals surface area contributed by atoms with Crippen LogP contribution >= 0.6 is 39.1 Å². The van der Waals surface area contributed by atoms with Gasteiger partial charge in [0.2, 0.25) is 5.91 Å². The number of rotatable bonds is 3. The number of hydrogen-bond donors (Lipinski definition) is 1. The van der Waals surface area contributed by atoms with E-state index in [4.69, 9.17) is 27.9 Å². The SMILES string of the molecule is O=C(NC1CCOc2ccc(Br)cc21)C1CCCN1C(=O)c1cc(Cl)cc(Cl)c1. The Kier molecular flexibility index (Phi) is 6.04. The second-order valence-corrected chi connectivity index (χ2v) is 8.98. The van der Waals surface area contributed by atoms with E-state index in [1.807, 2.05) is 18.2 Å². The van der Waals surface area contributed by atoms with Gasteiger partial charge >= 0.3 is 0 Å². The standard InChI is InChI=1S/C21H19BrCl2N2O3/c22-13-3-4-19-16(10-13)17(5-7-29-19)25-20(27)18-2-1-6-26(18)21(28)12-8-14(23)11-15(24)9-12/h3-4,8-11,17-18H,1-2,5-7H2,(H,25,27). The molecule has 2 heterocycles. The zero-order valence-electron chi connectivity index (χ0n) is 15.5. The first-order valence-electron chi connectivity index (χ1n) is 9.42. The van der Waals surface area contributed by atoms with Gasteiger partial charge in [-0.25, -0.2) is 0 Å². The van der Waals surface area contributed by atoms with Crippen molar-refractivity contribution in [2.75, 3.05) is 13.2 Å². The summed E-state index contributed by atoms with van der Waals surface area (Å²) in [5, 5.41) is 3.91. The summed E-state index contributed by atoms with van der Waals surface area (Å²) < 4.78 is 6.62. The molecule has 1 fully saturated rings. The number of nitrogens with one attached hydrogen (secondary N) is 1. The van der Waals surface area contributed by atoms with Gasteiger partial charge in [-0.1, -0.05) is 39.1 Å². The van der Waals surface area contributed by atoms with Gasteiger partial charge in [0.25, 0.3) is 5.91 Å². The highest BCUT2D eigenvalue weighted by Gasteiger charge is 2.36. The highest BCUT2D eigenvalue weighted by molar-refractivity contribution is 9.10. The number of benzene rings is 2. The van der Waals surface area contributed by atoms with Crippen LogP contribution in [-0.4, -0.2) is 35.9 Å². The summed E-state index contributed by atoms with van der Waals surface area (Å²) in [5.74, 6) is 0.390. The molecule has 2 amide bonds. The summed E-state index contributed by atoms with van der Waals surface area (Å²) in [5.41, 5.74) is 1.33.